The van der Waals surface area contributed by atoms with Crippen LogP contribution in [-0.4, -0.2) is 31.1 Å². The van der Waals surface area contributed by atoms with Crippen LogP contribution in [0.1, 0.15) is 40.0 Å². The van der Waals surface area contributed by atoms with Gasteiger partial charge in [0.2, 0.25) is 0 Å². The number of aldehydes is 1. The predicted octanol–water partition coefficient (Wildman–Crippen LogP) is 1.71. The Labute approximate surface area is 96.3 Å². The Balaban J connectivity index is 2.07. The van der Waals surface area contributed by atoms with Crippen LogP contribution in [0.25, 0.3) is 0 Å². The molecule has 0 saturated heterocycles. The van der Waals surface area contributed by atoms with E-state index in [2.05, 4.69) is 0 Å². The number of carbonyl (C=O) groups excluding carboxylic acids is 2. The van der Waals surface area contributed by atoms with Crippen LogP contribution in [0.3, 0.4) is 0 Å². The lowest BCUT2D eigenvalue weighted by Crippen LogP contribution is -2.25. The summed E-state index contributed by atoms with van der Waals surface area (Å²) in [5, 5.41) is 0. The van der Waals surface area contributed by atoms with E-state index in [1.165, 1.54) is 0 Å². The van der Waals surface area contributed by atoms with Gasteiger partial charge in [-0.1, -0.05) is 0 Å². The van der Waals surface area contributed by atoms with E-state index in [1.54, 1.807) is 0 Å². The number of hydrogen-bond acceptors (Lipinski definition) is 4. The first-order chi connectivity index (χ1) is 7.37. The Bertz CT molecular complexity index is 261. The molecule has 0 aromatic rings. The third kappa shape index (κ3) is 4.75. The van der Waals surface area contributed by atoms with E-state index in [1.807, 2.05) is 20.8 Å². The average Bonchev–Trinajstić information content (AvgIpc) is 2.90. The van der Waals surface area contributed by atoms with Crippen molar-refractivity contribution >= 4 is 12.3 Å². The molecule has 1 aliphatic carbocycles. The van der Waals surface area contributed by atoms with Crippen LogP contribution in [0.2, 0.25) is 0 Å². The van der Waals surface area contributed by atoms with Crippen LogP contribution in [0.15, 0.2) is 0 Å². The van der Waals surface area contributed by atoms with Crippen LogP contribution >= 0.6 is 0 Å². The summed E-state index contributed by atoms with van der Waals surface area (Å²) in [5.74, 6) is -0.261. The van der Waals surface area contributed by atoms with E-state index >= 15 is 0 Å². The van der Waals surface area contributed by atoms with E-state index in [0.29, 0.717) is 13.2 Å². The maximum atomic E-state index is 11.3. The molecule has 0 bridgehead atoms. The van der Waals surface area contributed by atoms with Gasteiger partial charge in [-0.25, -0.2) is 0 Å². The third-order valence-corrected chi connectivity index (χ3v) is 2.40. The van der Waals surface area contributed by atoms with Crippen molar-refractivity contribution in [3.8, 4) is 0 Å². The molecule has 0 unspecified atom stereocenters. The summed E-state index contributed by atoms with van der Waals surface area (Å²) in [6, 6.07) is 0. The summed E-state index contributed by atoms with van der Waals surface area (Å²) >= 11 is 0. The SMILES string of the molecule is CC(C)(C)OC(=O)CCOCC1(C=O)CC1. The highest BCUT2D eigenvalue weighted by atomic mass is 16.6. The maximum Gasteiger partial charge on any atom is 0.308 e. The molecule has 0 atom stereocenters. The summed E-state index contributed by atoms with van der Waals surface area (Å²) in [4.78, 5) is 21.9. The molecular weight excluding hydrogens is 208 g/mol. The second-order valence-electron chi connectivity index (χ2n) is 5.37. The molecule has 4 nitrogen and oxygen atoms in total. The van der Waals surface area contributed by atoms with Crippen molar-refractivity contribution in [3.05, 3.63) is 0 Å². The van der Waals surface area contributed by atoms with E-state index in [9.17, 15) is 9.59 Å². The molecule has 1 fully saturated rings. The minimum Gasteiger partial charge on any atom is -0.460 e. The normalized spacial score (nSPS) is 17.9. The Kier molecular flexibility index (Phi) is 4.08. The van der Waals surface area contributed by atoms with Crippen LogP contribution in [0, 0.1) is 5.41 Å². The molecule has 0 N–H and O–H groups in total. The van der Waals surface area contributed by atoms with Gasteiger partial charge in [-0.05, 0) is 33.6 Å². The van der Waals surface area contributed by atoms with E-state index < -0.39 is 5.60 Å². The van der Waals surface area contributed by atoms with Crippen LogP contribution < -0.4 is 0 Å². The number of rotatable bonds is 6. The number of esters is 1. The van der Waals surface area contributed by atoms with Crippen LogP contribution in [-0.2, 0) is 19.1 Å². The Morgan fingerprint density at radius 3 is 2.44 bits per heavy atom. The lowest BCUT2D eigenvalue weighted by molar-refractivity contribution is -0.156. The molecule has 0 amide bonds. The molecule has 92 valence electrons. The van der Waals surface area contributed by atoms with Gasteiger partial charge in [-0.2, -0.15) is 0 Å². The molecule has 1 rings (SSSR count). The molecule has 0 spiro atoms. The summed E-state index contributed by atoms with van der Waals surface area (Å²) in [5.41, 5.74) is -0.689. The summed E-state index contributed by atoms with van der Waals surface area (Å²) < 4.78 is 10.4. The van der Waals surface area contributed by atoms with Gasteiger partial charge in [0.15, 0.2) is 0 Å². The topological polar surface area (TPSA) is 52.6 Å². The minimum absolute atomic E-state index is 0.242. The average molecular weight is 228 g/mol. The highest BCUT2D eigenvalue weighted by molar-refractivity contribution is 5.69. The Morgan fingerprint density at radius 2 is 2.00 bits per heavy atom. The van der Waals surface area contributed by atoms with Gasteiger partial charge in [0.05, 0.1) is 19.6 Å². The first-order valence-corrected chi connectivity index (χ1v) is 5.63. The quantitative estimate of drug-likeness (QED) is 0.394. The Morgan fingerprint density at radius 1 is 1.38 bits per heavy atom. The first-order valence-electron chi connectivity index (χ1n) is 5.63. The zero-order valence-corrected chi connectivity index (χ0v) is 10.2. The van der Waals surface area contributed by atoms with Crippen molar-refractivity contribution in [3.63, 3.8) is 0 Å². The molecule has 0 aromatic heterocycles. The molecule has 1 aliphatic rings. The highest BCUT2D eigenvalue weighted by Gasteiger charge is 2.42. The molecule has 0 aliphatic heterocycles. The molecule has 0 aromatic carbocycles. The molecule has 16 heavy (non-hydrogen) atoms. The van der Waals surface area contributed by atoms with Crippen molar-refractivity contribution in [1.29, 1.82) is 0 Å². The maximum absolute atomic E-state index is 11.3. The summed E-state index contributed by atoms with van der Waals surface area (Å²) in [6.07, 6.45) is 3.01. The fourth-order valence-electron chi connectivity index (χ4n) is 1.28. The van der Waals surface area contributed by atoms with E-state index in [-0.39, 0.29) is 17.8 Å². The van der Waals surface area contributed by atoms with Crippen LogP contribution in [0.5, 0.6) is 0 Å². The highest BCUT2D eigenvalue weighted by Crippen LogP contribution is 2.43. The monoisotopic (exact) mass is 228 g/mol. The molecule has 1 saturated carbocycles. The number of carbonyl (C=O) groups is 2. The predicted molar refractivity (Wildman–Crippen MR) is 59.0 cm³/mol. The second-order valence-corrected chi connectivity index (χ2v) is 5.37. The van der Waals surface area contributed by atoms with Gasteiger partial charge in [0, 0.05) is 5.41 Å². The van der Waals surface area contributed by atoms with Crippen molar-refractivity contribution in [1.82, 2.24) is 0 Å². The van der Waals surface area contributed by atoms with Crippen molar-refractivity contribution in [2.45, 2.75) is 45.6 Å². The molecular formula is C12H20O4. The van der Waals surface area contributed by atoms with Crippen molar-refractivity contribution in [2.75, 3.05) is 13.2 Å². The summed E-state index contributed by atoms with van der Waals surface area (Å²) in [6.45, 7) is 6.25. The fourth-order valence-corrected chi connectivity index (χ4v) is 1.28. The van der Waals surface area contributed by atoms with Gasteiger partial charge in [-0.3, -0.25) is 4.79 Å². The molecule has 4 heteroatoms. The van der Waals surface area contributed by atoms with Crippen molar-refractivity contribution < 1.29 is 19.1 Å². The Hall–Kier alpha value is -0.900. The zero-order valence-electron chi connectivity index (χ0n) is 10.2. The van der Waals surface area contributed by atoms with Gasteiger partial charge >= 0.3 is 5.97 Å². The van der Waals surface area contributed by atoms with E-state index in [0.717, 1.165) is 19.1 Å². The summed E-state index contributed by atoms with van der Waals surface area (Å²) in [7, 11) is 0. The standard InChI is InChI=1S/C12H20O4/c1-11(2,3)16-10(14)4-7-15-9-12(8-13)5-6-12/h8H,4-7,9H2,1-3H3. The molecule has 0 radical (unpaired) electrons. The lowest BCUT2D eigenvalue weighted by Gasteiger charge is -2.19. The largest absolute Gasteiger partial charge is 0.460 e. The minimum atomic E-state index is -0.447. The van der Waals surface area contributed by atoms with Gasteiger partial charge in [0.25, 0.3) is 0 Å². The zero-order chi connectivity index (χ0) is 12.2. The molecule has 0 heterocycles. The van der Waals surface area contributed by atoms with Gasteiger partial charge in [-0.15, -0.1) is 0 Å². The fraction of sp³-hybridized carbons (Fsp3) is 0.833. The van der Waals surface area contributed by atoms with Gasteiger partial charge in [0.1, 0.15) is 11.9 Å². The number of hydrogen-bond donors (Lipinski definition) is 0. The lowest BCUT2D eigenvalue weighted by atomic mass is 10.1. The van der Waals surface area contributed by atoms with Crippen molar-refractivity contribution in [2.24, 2.45) is 5.41 Å². The second kappa shape index (κ2) is 4.95. The number of ether oxygens (including phenoxy) is 2. The third-order valence-electron chi connectivity index (χ3n) is 2.40. The van der Waals surface area contributed by atoms with Crippen LogP contribution in [0.4, 0.5) is 0 Å². The first kappa shape index (κ1) is 13.2. The van der Waals surface area contributed by atoms with Gasteiger partial charge < -0.3 is 14.3 Å². The van der Waals surface area contributed by atoms with E-state index in [4.69, 9.17) is 9.47 Å². The smallest absolute Gasteiger partial charge is 0.308 e.